The number of amides is 2. The minimum Gasteiger partial charge on any atom is -0.378 e. The Bertz CT molecular complexity index is 412. The van der Waals surface area contributed by atoms with Crippen LogP contribution in [-0.2, 0) is 4.74 Å². The molecule has 0 radical (unpaired) electrons. The molecule has 4 heteroatoms. The smallest absolute Gasteiger partial charge is 0.317 e. The van der Waals surface area contributed by atoms with Crippen molar-refractivity contribution in [3.63, 3.8) is 0 Å². The predicted octanol–water partition coefficient (Wildman–Crippen LogP) is 3.80. The Morgan fingerprint density at radius 1 is 1.17 bits per heavy atom. The zero-order valence-electron chi connectivity index (χ0n) is 15.1. The van der Waals surface area contributed by atoms with Crippen LogP contribution >= 0.6 is 0 Å². The summed E-state index contributed by atoms with van der Waals surface area (Å²) >= 11 is 0. The van der Waals surface area contributed by atoms with Crippen LogP contribution in [0.3, 0.4) is 0 Å². The van der Waals surface area contributed by atoms with Gasteiger partial charge in [-0.05, 0) is 62.2 Å². The van der Waals surface area contributed by atoms with E-state index in [1.165, 1.54) is 25.7 Å². The summed E-state index contributed by atoms with van der Waals surface area (Å²) in [6.07, 6.45) is 8.57. The highest BCUT2D eigenvalue weighted by Gasteiger charge is 2.34. The Morgan fingerprint density at radius 2 is 1.87 bits per heavy atom. The molecule has 0 aromatic heterocycles. The largest absolute Gasteiger partial charge is 0.378 e. The van der Waals surface area contributed by atoms with Gasteiger partial charge in [0.1, 0.15) is 0 Å². The molecule has 0 aromatic rings. The number of carbonyl (C=O) groups is 1. The summed E-state index contributed by atoms with van der Waals surface area (Å²) in [6, 6.07) is 0.488. The van der Waals surface area contributed by atoms with Crippen molar-refractivity contribution in [3.05, 3.63) is 0 Å². The van der Waals surface area contributed by atoms with Crippen molar-refractivity contribution in [1.29, 1.82) is 0 Å². The predicted molar refractivity (Wildman–Crippen MR) is 92.4 cm³/mol. The Balaban J connectivity index is 1.39. The van der Waals surface area contributed by atoms with Gasteiger partial charge in [0.15, 0.2) is 0 Å². The van der Waals surface area contributed by atoms with Gasteiger partial charge in [-0.3, -0.25) is 0 Å². The van der Waals surface area contributed by atoms with Gasteiger partial charge in [0.05, 0.1) is 6.10 Å². The van der Waals surface area contributed by atoms with E-state index in [-0.39, 0.29) is 6.03 Å². The standard InChI is InChI=1S/C19H34N2O2/c1-14-12-19(2,3)9-6-17(14)20-18(22)21-10-7-16(8-11-21)23-13-15-4-5-15/h14-17H,4-13H2,1-3H3,(H,20,22)/t14-,17-/m0/s1. The van der Waals surface area contributed by atoms with Crippen molar-refractivity contribution in [2.45, 2.75) is 77.9 Å². The molecule has 1 heterocycles. The van der Waals surface area contributed by atoms with Crippen LogP contribution in [0.5, 0.6) is 0 Å². The first-order valence-corrected chi connectivity index (χ1v) is 9.60. The number of urea groups is 1. The Labute approximate surface area is 141 Å². The minimum atomic E-state index is 0.141. The second-order valence-corrected chi connectivity index (χ2v) is 8.90. The van der Waals surface area contributed by atoms with Gasteiger partial charge in [0.2, 0.25) is 0 Å². The second-order valence-electron chi connectivity index (χ2n) is 8.90. The minimum absolute atomic E-state index is 0.141. The second kappa shape index (κ2) is 7.00. The highest BCUT2D eigenvalue weighted by molar-refractivity contribution is 5.74. The summed E-state index contributed by atoms with van der Waals surface area (Å²) in [5.41, 5.74) is 0.428. The molecule has 1 aliphatic heterocycles. The van der Waals surface area contributed by atoms with Gasteiger partial charge in [-0.25, -0.2) is 4.79 Å². The maximum Gasteiger partial charge on any atom is 0.317 e. The number of rotatable bonds is 4. The number of nitrogens with zero attached hydrogens (tertiary/aromatic N) is 1. The fourth-order valence-electron chi connectivity index (χ4n) is 4.19. The maximum atomic E-state index is 12.5. The molecule has 3 fully saturated rings. The van der Waals surface area contributed by atoms with Crippen molar-refractivity contribution in [2.24, 2.45) is 17.3 Å². The molecule has 2 atom stereocenters. The van der Waals surface area contributed by atoms with E-state index in [1.54, 1.807) is 0 Å². The quantitative estimate of drug-likeness (QED) is 0.855. The fraction of sp³-hybridized carbons (Fsp3) is 0.947. The first-order chi connectivity index (χ1) is 10.9. The Hall–Kier alpha value is -0.770. The van der Waals surface area contributed by atoms with E-state index >= 15 is 0 Å². The van der Waals surface area contributed by atoms with E-state index in [2.05, 4.69) is 26.1 Å². The van der Waals surface area contributed by atoms with Crippen LogP contribution in [0, 0.1) is 17.3 Å². The van der Waals surface area contributed by atoms with Gasteiger partial charge in [-0.15, -0.1) is 0 Å². The van der Waals surface area contributed by atoms with E-state index < -0.39 is 0 Å². The third-order valence-electron chi connectivity index (χ3n) is 6.00. The zero-order chi connectivity index (χ0) is 16.4. The van der Waals surface area contributed by atoms with Gasteiger partial charge in [-0.1, -0.05) is 20.8 Å². The normalized spacial score (nSPS) is 31.9. The molecule has 0 bridgehead atoms. The van der Waals surface area contributed by atoms with Crippen molar-refractivity contribution >= 4 is 6.03 Å². The molecule has 2 amide bonds. The molecule has 23 heavy (non-hydrogen) atoms. The lowest BCUT2D eigenvalue weighted by molar-refractivity contribution is 0.00883. The van der Waals surface area contributed by atoms with Crippen LogP contribution in [0.4, 0.5) is 4.79 Å². The van der Waals surface area contributed by atoms with Crippen LogP contribution in [0.1, 0.15) is 65.7 Å². The highest BCUT2D eigenvalue weighted by Crippen LogP contribution is 2.38. The summed E-state index contributed by atoms with van der Waals surface area (Å²) in [5.74, 6) is 1.40. The number of nitrogens with one attached hydrogen (secondary N) is 1. The van der Waals surface area contributed by atoms with E-state index in [1.807, 2.05) is 4.90 Å². The summed E-state index contributed by atoms with van der Waals surface area (Å²) in [4.78, 5) is 14.5. The lowest BCUT2D eigenvalue weighted by atomic mass is 9.70. The fourth-order valence-corrected chi connectivity index (χ4v) is 4.19. The van der Waals surface area contributed by atoms with Crippen LogP contribution < -0.4 is 5.32 Å². The zero-order valence-corrected chi connectivity index (χ0v) is 15.1. The van der Waals surface area contributed by atoms with Crippen molar-refractivity contribution in [1.82, 2.24) is 10.2 Å². The van der Waals surface area contributed by atoms with Crippen molar-refractivity contribution < 1.29 is 9.53 Å². The van der Waals surface area contributed by atoms with Gasteiger partial charge >= 0.3 is 6.03 Å². The van der Waals surface area contributed by atoms with E-state index in [0.717, 1.165) is 44.9 Å². The molecule has 4 nitrogen and oxygen atoms in total. The first kappa shape index (κ1) is 17.1. The Kier molecular flexibility index (Phi) is 5.19. The number of likely N-dealkylation sites (tertiary alicyclic amines) is 1. The molecular formula is C19H34N2O2. The molecule has 3 aliphatic rings. The summed E-state index contributed by atoms with van der Waals surface area (Å²) in [6.45, 7) is 9.58. The van der Waals surface area contributed by atoms with Gasteiger partial charge in [0.25, 0.3) is 0 Å². The topological polar surface area (TPSA) is 41.6 Å². The van der Waals surface area contributed by atoms with Crippen LogP contribution in [-0.4, -0.2) is 42.8 Å². The SMILES string of the molecule is C[C@H]1CC(C)(C)CC[C@@H]1NC(=O)N1CCC(OCC2CC2)CC1. The van der Waals surface area contributed by atoms with Crippen LogP contribution in [0.15, 0.2) is 0 Å². The Morgan fingerprint density at radius 3 is 2.48 bits per heavy atom. The van der Waals surface area contributed by atoms with Crippen LogP contribution in [0.25, 0.3) is 0 Å². The van der Waals surface area contributed by atoms with E-state index in [0.29, 0.717) is 23.5 Å². The highest BCUT2D eigenvalue weighted by atomic mass is 16.5. The number of carbonyl (C=O) groups excluding carboxylic acids is 1. The average molecular weight is 322 g/mol. The molecule has 0 aromatic carbocycles. The van der Waals surface area contributed by atoms with Gasteiger partial charge in [-0.2, -0.15) is 0 Å². The number of ether oxygens (including phenoxy) is 1. The summed E-state index contributed by atoms with van der Waals surface area (Å²) in [7, 11) is 0. The third kappa shape index (κ3) is 4.85. The lowest BCUT2D eigenvalue weighted by Gasteiger charge is -2.41. The molecular weight excluding hydrogens is 288 g/mol. The van der Waals surface area contributed by atoms with Gasteiger partial charge in [0, 0.05) is 25.7 Å². The maximum absolute atomic E-state index is 12.5. The molecule has 1 saturated heterocycles. The molecule has 0 spiro atoms. The first-order valence-electron chi connectivity index (χ1n) is 9.60. The summed E-state index contributed by atoms with van der Waals surface area (Å²) < 4.78 is 5.97. The molecule has 3 rings (SSSR count). The monoisotopic (exact) mass is 322 g/mol. The number of hydrogen-bond donors (Lipinski definition) is 1. The third-order valence-corrected chi connectivity index (χ3v) is 6.00. The number of piperidine rings is 1. The molecule has 1 N–H and O–H groups in total. The molecule has 0 unspecified atom stereocenters. The lowest BCUT2D eigenvalue weighted by Crippen LogP contribution is -2.52. The van der Waals surface area contributed by atoms with Gasteiger partial charge < -0.3 is 15.0 Å². The van der Waals surface area contributed by atoms with Crippen molar-refractivity contribution in [3.8, 4) is 0 Å². The molecule has 2 aliphatic carbocycles. The number of hydrogen-bond acceptors (Lipinski definition) is 2. The molecule has 132 valence electrons. The average Bonchev–Trinajstić information content (AvgIpc) is 3.32. The molecule has 2 saturated carbocycles. The van der Waals surface area contributed by atoms with E-state index in [9.17, 15) is 4.79 Å². The van der Waals surface area contributed by atoms with Crippen LogP contribution in [0.2, 0.25) is 0 Å². The van der Waals surface area contributed by atoms with Crippen molar-refractivity contribution in [2.75, 3.05) is 19.7 Å². The van der Waals surface area contributed by atoms with E-state index in [4.69, 9.17) is 4.74 Å². The summed E-state index contributed by atoms with van der Waals surface area (Å²) in [5, 5.41) is 3.30.